The summed E-state index contributed by atoms with van der Waals surface area (Å²) < 4.78 is 29.1. The molecule has 140 valence electrons. The summed E-state index contributed by atoms with van der Waals surface area (Å²) in [6, 6.07) is 10.6. The minimum Gasteiger partial charge on any atom is -0.454 e. The molecule has 1 atom stereocenters. The topological polar surface area (TPSA) is 77.1 Å². The molecule has 0 aliphatic carbocycles. The molecule has 0 bridgehead atoms. The number of halogens is 1. The van der Waals surface area contributed by atoms with Crippen molar-refractivity contribution in [2.45, 2.75) is 6.10 Å². The van der Waals surface area contributed by atoms with E-state index in [0.717, 1.165) is 0 Å². The van der Waals surface area contributed by atoms with E-state index in [1.165, 1.54) is 17.0 Å². The van der Waals surface area contributed by atoms with E-state index < -0.39 is 0 Å². The van der Waals surface area contributed by atoms with Crippen molar-refractivity contribution in [2.24, 2.45) is 0 Å². The van der Waals surface area contributed by atoms with Crippen molar-refractivity contribution in [2.75, 3.05) is 31.4 Å². The third-order valence-corrected chi connectivity index (χ3v) is 4.39. The minimum absolute atomic E-state index is 0.0953. The molecule has 2 aromatic carbocycles. The highest BCUT2D eigenvalue weighted by atomic mass is 19.1. The molecular weight excluding hydrogens is 355 g/mol. The maximum absolute atomic E-state index is 13.1. The van der Waals surface area contributed by atoms with E-state index in [0.29, 0.717) is 22.7 Å². The van der Waals surface area contributed by atoms with Crippen LogP contribution in [0.1, 0.15) is 10.4 Å². The molecule has 2 aromatic rings. The number of fused-ring (bicyclic) bond motifs is 1. The molecule has 1 unspecified atom stereocenters. The van der Waals surface area contributed by atoms with Crippen molar-refractivity contribution in [3.8, 4) is 11.5 Å². The Bertz CT molecular complexity index is 871. The number of nitrogens with zero attached hydrogens (tertiary/aromatic N) is 1. The molecule has 0 aromatic heterocycles. The maximum Gasteiger partial charge on any atom is 0.253 e. The molecule has 2 aliphatic heterocycles. The van der Waals surface area contributed by atoms with Crippen LogP contribution in [-0.2, 0) is 9.53 Å². The first kappa shape index (κ1) is 17.3. The van der Waals surface area contributed by atoms with Gasteiger partial charge in [-0.15, -0.1) is 0 Å². The first-order chi connectivity index (χ1) is 13.1. The molecule has 2 heterocycles. The predicted molar refractivity (Wildman–Crippen MR) is 93.4 cm³/mol. The normalized spacial score (nSPS) is 18.5. The Balaban J connectivity index is 1.37. The van der Waals surface area contributed by atoms with E-state index >= 15 is 0 Å². The average Bonchev–Trinajstić information content (AvgIpc) is 3.15. The van der Waals surface area contributed by atoms with Gasteiger partial charge in [0.05, 0.1) is 12.6 Å². The summed E-state index contributed by atoms with van der Waals surface area (Å²) in [4.78, 5) is 26.0. The second-order valence-corrected chi connectivity index (χ2v) is 6.19. The number of anilines is 1. The molecule has 27 heavy (non-hydrogen) atoms. The third-order valence-electron chi connectivity index (χ3n) is 4.39. The van der Waals surface area contributed by atoms with Crippen molar-refractivity contribution >= 4 is 17.5 Å². The van der Waals surface area contributed by atoms with Gasteiger partial charge in [-0.05, 0) is 42.5 Å². The van der Waals surface area contributed by atoms with Crippen molar-refractivity contribution in [3.05, 3.63) is 53.8 Å². The van der Waals surface area contributed by atoms with Crippen molar-refractivity contribution < 1.29 is 28.2 Å². The number of carbonyl (C=O) groups is 2. The number of morpholine rings is 1. The zero-order chi connectivity index (χ0) is 18.8. The minimum atomic E-state index is -0.370. The Kier molecular flexibility index (Phi) is 4.64. The molecule has 1 saturated heterocycles. The number of amides is 2. The summed E-state index contributed by atoms with van der Waals surface area (Å²) in [6.45, 7) is 0.551. The van der Waals surface area contributed by atoms with Gasteiger partial charge in [-0.3, -0.25) is 9.59 Å². The lowest BCUT2D eigenvalue weighted by Gasteiger charge is -2.32. The Morgan fingerprint density at radius 3 is 2.74 bits per heavy atom. The molecule has 0 radical (unpaired) electrons. The summed E-state index contributed by atoms with van der Waals surface area (Å²) >= 11 is 0. The summed E-state index contributed by atoms with van der Waals surface area (Å²) in [5.74, 6) is 0.286. The maximum atomic E-state index is 13.1. The van der Waals surface area contributed by atoms with Crippen LogP contribution in [0.3, 0.4) is 0 Å². The highest BCUT2D eigenvalue weighted by Gasteiger charge is 2.28. The first-order valence-electron chi connectivity index (χ1n) is 8.45. The van der Waals surface area contributed by atoms with E-state index in [2.05, 4.69) is 5.32 Å². The van der Waals surface area contributed by atoms with Crippen LogP contribution in [0.5, 0.6) is 11.5 Å². The van der Waals surface area contributed by atoms with Crippen LogP contribution in [0.2, 0.25) is 0 Å². The summed E-state index contributed by atoms with van der Waals surface area (Å²) in [6.07, 6.45) is -0.370. The van der Waals surface area contributed by atoms with E-state index in [9.17, 15) is 14.0 Å². The second kappa shape index (κ2) is 7.24. The quantitative estimate of drug-likeness (QED) is 0.884. The van der Waals surface area contributed by atoms with Crippen LogP contribution >= 0.6 is 0 Å². The highest BCUT2D eigenvalue weighted by molar-refractivity contribution is 5.96. The van der Waals surface area contributed by atoms with Gasteiger partial charge in [-0.2, -0.15) is 0 Å². The number of hydrogen-bond donors (Lipinski definition) is 1. The molecule has 8 heteroatoms. The van der Waals surface area contributed by atoms with Gasteiger partial charge in [0.25, 0.3) is 11.8 Å². The fourth-order valence-corrected chi connectivity index (χ4v) is 2.97. The smallest absolute Gasteiger partial charge is 0.253 e. The van der Waals surface area contributed by atoms with Gasteiger partial charge in [0, 0.05) is 17.8 Å². The SMILES string of the molecule is O=C(NCC1CN(c2ccc(F)cc2)C(=O)CO1)c1ccc2c(c1)OCO2. The van der Waals surface area contributed by atoms with Gasteiger partial charge in [0.15, 0.2) is 11.5 Å². The number of nitrogens with one attached hydrogen (secondary N) is 1. The molecule has 0 spiro atoms. The summed E-state index contributed by atoms with van der Waals surface area (Å²) in [5.41, 5.74) is 1.04. The van der Waals surface area contributed by atoms with Crippen LogP contribution in [0.15, 0.2) is 42.5 Å². The zero-order valence-corrected chi connectivity index (χ0v) is 14.3. The van der Waals surface area contributed by atoms with Gasteiger partial charge in [-0.1, -0.05) is 0 Å². The van der Waals surface area contributed by atoms with Crippen LogP contribution in [0, 0.1) is 5.82 Å². The van der Waals surface area contributed by atoms with Crippen LogP contribution < -0.4 is 19.7 Å². The predicted octanol–water partition coefficient (Wildman–Crippen LogP) is 1.72. The summed E-state index contributed by atoms with van der Waals surface area (Å²) in [7, 11) is 0. The van der Waals surface area contributed by atoms with Crippen molar-refractivity contribution in [1.82, 2.24) is 5.32 Å². The number of hydrogen-bond acceptors (Lipinski definition) is 5. The number of rotatable bonds is 4. The Hall–Kier alpha value is -3.13. The van der Waals surface area contributed by atoms with Crippen LogP contribution in [-0.4, -0.2) is 44.4 Å². The van der Waals surface area contributed by atoms with Crippen molar-refractivity contribution in [1.29, 1.82) is 0 Å². The number of carbonyl (C=O) groups excluding carboxylic acids is 2. The lowest BCUT2D eigenvalue weighted by Crippen LogP contribution is -2.50. The van der Waals surface area contributed by atoms with Gasteiger partial charge in [0.2, 0.25) is 6.79 Å². The van der Waals surface area contributed by atoms with Gasteiger partial charge in [0.1, 0.15) is 12.4 Å². The van der Waals surface area contributed by atoms with E-state index in [1.807, 2.05) is 0 Å². The third kappa shape index (κ3) is 3.70. The van der Waals surface area contributed by atoms with Gasteiger partial charge < -0.3 is 24.4 Å². The second-order valence-electron chi connectivity index (χ2n) is 6.19. The lowest BCUT2D eigenvalue weighted by molar-refractivity contribution is -0.129. The standard InChI is InChI=1S/C19H17FN2O5/c20-13-2-4-14(5-3-13)22-9-15(25-10-18(22)23)8-21-19(24)12-1-6-16-17(7-12)27-11-26-16/h1-7,15H,8-11H2,(H,21,24). The van der Waals surface area contributed by atoms with Crippen LogP contribution in [0.25, 0.3) is 0 Å². The molecule has 4 rings (SSSR count). The van der Waals surface area contributed by atoms with Crippen molar-refractivity contribution in [3.63, 3.8) is 0 Å². The van der Waals surface area contributed by atoms with E-state index in [1.54, 1.807) is 30.3 Å². The molecule has 1 N–H and O–H groups in total. The summed E-state index contributed by atoms with van der Waals surface area (Å²) in [5, 5.41) is 2.80. The Labute approximate surface area is 154 Å². The molecule has 2 aliphatic rings. The average molecular weight is 372 g/mol. The van der Waals surface area contributed by atoms with E-state index in [4.69, 9.17) is 14.2 Å². The molecule has 2 amide bonds. The Morgan fingerprint density at radius 2 is 1.93 bits per heavy atom. The van der Waals surface area contributed by atoms with Gasteiger partial charge in [-0.25, -0.2) is 4.39 Å². The van der Waals surface area contributed by atoms with E-state index in [-0.39, 0.29) is 50.2 Å². The lowest BCUT2D eigenvalue weighted by atomic mass is 10.1. The molecular formula is C19H17FN2O5. The first-order valence-corrected chi connectivity index (χ1v) is 8.45. The molecule has 7 nitrogen and oxygen atoms in total. The Morgan fingerprint density at radius 1 is 1.15 bits per heavy atom. The fourth-order valence-electron chi connectivity index (χ4n) is 2.97. The monoisotopic (exact) mass is 372 g/mol. The highest BCUT2D eigenvalue weighted by Crippen LogP contribution is 2.32. The number of benzene rings is 2. The molecule has 1 fully saturated rings. The zero-order valence-electron chi connectivity index (χ0n) is 14.3. The largest absolute Gasteiger partial charge is 0.454 e. The number of ether oxygens (including phenoxy) is 3. The van der Waals surface area contributed by atoms with Gasteiger partial charge >= 0.3 is 0 Å². The fraction of sp³-hybridized carbons (Fsp3) is 0.263. The molecule has 0 saturated carbocycles. The van der Waals surface area contributed by atoms with Crippen LogP contribution in [0.4, 0.5) is 10.1 Å².